The van der Waals surface area contributed by atoms with Crippen molar-refractivity contribution < 1.29 is 28.8 Å². The average Bonchev–Trinajstić information content (AvgIpc) is 2.76. The van der Waals surface area contributed by atoms with Crippen molar-refractivity contribution in [2.45, 2.75) is 37.6 Å². The van der Waals surface area contributed by atoms with Gasteiger partial charge in [0.2, 0.25) is 0 Å². The van der Waals surface area contributed by atoms with Crippen LogP contribution in [0.3, 0.4) is 0 Å². The number of carbonyl (C=O) groups is 1. The molecular formula is C12H24N2O6. The molecule has 1 fully saturated rings. The second-order valence-corrected chi connectivity index (χ2v) is 4.35. The van der Waals surface area contributed by atoms with Crippen molar-refractivity contribution in [2.24, 2.45) is 0 Å². The molecule has 0 aromatic rings. The van der Waals surface area contributed by atoms with Gasteiger partial charge in [-0.3, -0.25) is 0 Å². The zero-order valence-electron chi connectivity index (χ0n) is 12.3. The van der Waals surface area contributed by atoms with Crippen LogP contribution < -0.4 is 10.6 Å². The van der Waals surface area contributed by atoms with Gasteiger partial charge in [-0.1, -0.05) is 0 Å². The normalized spacial score (nSPS) is 31.1. The predicted molar refractivity (Wildman–Crippen MR) is 70.3 cm³/mol. The van der Waals surface area contributed by atoms with Gasteiger partial charge >= 0.3 is 6.03 Å². The summed E-state index contributed by atoms with van der Waals surface area (Å²) in [5.74, 6) is 0. The van der Waals surface area contributed by atoms with E-state index in [0.29, 0.717) is 6.61 Å². The van der Waals surface area contributed by atoms with E-state index in [1.165, 1.54) is 21.3 Å². The second kappa shape index (κ2) is 8.38. The fourth-order valence-electron chi connectivity index (χ4n) is 2.15. The van der Waals surface area contributed by atoms with Gasteiger partial charge in [0.05, 0.1) is 0 Å². The Kier molecular flexibility index (Phi) is 7.17. The first-order chi connectivity index (χ1) is 9.58. The van der Waals surface area contributed by atoms with Gasteiger partial charge in [0.15, 0.2) is 6.29 Å². The van der Waals surface area contributed by atoms with E-state index in [2.05, 4.69) is 10.6 Å². The fourth-order valence-corrected chi connectivity index (χ4v) is 2.15. The van der Waals surface area contributed by atoms with Gasteiger partial charge in [0.25, 0.3) is 0 Å². The quantitative estimate of drug-likeness (QED) is 0.561. The molecule has 0 unspecified atom stereocenters. The molecule has 1 aliphatic heterocycles. The van der Waals surface area contributed by atoms with E-state index in [1.807, 2.05) is 6.92 Å². The van der Waals surface area contributed by atoms with Crippen molar-refractivity contribution in [1.29, 1.82) is 0 Å². The van der Waals surface area contributed by atoms with Gasteiger partial charge in [-0.05, 0) is 6.92 Å². The molecule has 0 radical (unpaired) electrons. The van der Waals surface area contributed by atoms with Crippen molar-refractivity contribution >= 4 is 6.03 Å². The Morgan fingerprint density at radius 2 is 2.15 bits per heavy atom. The number of hydrogen-bond donors (Lipinski definition) is 3. The van der Waals surface area contributed by atoms with Crippen LogP contribution in [0.25, 0.3) is 0 Å². The largest absolute Gasteiger partial charge is 0.385 e. The number of aliphatic hydroxyl groups excluding tert-OH is 1. The van der Waals surface area contributed by atoms with Gasteiger partial charge in [0.1, 0.15) is 24.4 Å². The molecule has 0 aliphatic carbocycles. The standard InChI is InChI=1S/C12H24N2O6/c1-5-19-11-8(15)10(18-4)9(20-11)7(17-3)6-14-12(16)13-2/h7-11,15H,5-6H2,1-4H3,(H2,13,14,16)/t7-,8-,9-,10-,11+/m1/s1. The molecule has 1 heterocycles. The van der Waals surface area contributed by atoms with Crippen molar-refractivity contribution in [3.05, 3.63) is 0 Å². The Hall–Kier alpha value is -0.930. The van der Waals surface area contributed by atoms with E-state index in [-0.39, 0.29) is 12.6 Å². The number of aliphatic hydroxyl groups is 1. The summed E-state index contributed by atoms with van der Waals surface area (Å²) in [6.45, 7) is 2.46. The molecule has 1 aliphatic rings. The molecule has 0 saturated carbocycles. The second-order valence-electron chi connectivity index (χ2n) is 4.35. The molecule has 1 rings (SSSR count). The topological polar surface area (TPSA) is 98.3 Å². The monoisotopic (exact) mass is 292 g/mol. The SMILES string of the molecule is CCO[C@H]1O[C@H]([C@@H](CNC(=O)NC)OC)[C@H](OC)[C@H]1O. The predicted octanol–water partition coefficient (Wildman–Crippen LogP) is -0.932. The molecule has 1 saturated heterocycles. The van der Waals surface area contributed by atoms with Gasteiger partial charge in [0, 0.05) is 34.4 Å². The summed E-state index contributed by atoms with van der Waals surface area (Å²) < 4.78 is 21.5. The summed E-state index contributed by atoms with van der Waals surface area (Å²) in [7, 11) is 4.51. The summed E-state index contributed by atoms with van der Waals surface area (Å²) in [5, 5.41) is 15.2. The highest BCUT2D eigenvalue weighted by molar-refractivity contribution is 5.73. The van der Waals surface area contributed by atoms with Crippen LogP contribution in [-0.2, 0) is 18.9 Å². The minimum absolute atomic E-state index is 0.228. The van der Waals surface area contributed by atoms with E-state index < -0.39 is 30.7 Å². The maximum Gasteiger partial charge on any atom is 0.314 e. The van der Waals surface area contributed by atoms with E-state index >= 15 is 0 Å². The fraction of sp³-hybridized carbons (Fsp3) is 0.917. The number of ether oxygens (including phenoxy) is 4. The summed E-state index contributed by atoms with van der Waals surface area (Å²) in [6.07, 6.45) is -3.23. The number of urea groups is 1. The van der Waals surface area contributed by atoms with Gasteiger partial charge in [-0.15, -0.1) is 0 Å². The average molecular weight is 292 g/mol. The third-order valence-electron chi connectivity index (χ3n) is 3.19. The molecule has 20 heavy (non-hydrogen) atoms. The van der Waals surface area contributed by atoms with Gasteiger partial charge in [-0.25, -0.2) is 4.79 Å². The molecular weight excluding hydrogens is 268 g/mol. The molecule has 8 heteroatoms. The maximum atomic E-state index is 11.2. The minimum atomic E-state index is -0.900. The first-order valence-electron chi connectivity index (χ1n) is 6.55. The highest BCUT2D eigenvalue weighted by Crippen LogP contribution is 2.27. The van der Waals surface area contributed by atoms with Crippen molar-refractivity contribution in [3.63, 3.8) is 0 Å². The number of hydrogen-bond acceptors (Lipinski definition) is 6. The molecule has 0 bridgehead atoms. The van der Waals surface area contributed by atoms with Crippen LogP contribution >= 0.6 is 0 Å². The third kappa shape index (κ3) is 4.03. The molecule has 0 aromatic heterocycles. The summed E-state index contributed by atoms with van der Waals surface area (Å²) in [5.41, 5.74) is 0. The van der Waals surface area contributed by atoms with Crippen LogP contribution in [0.1, 0.15) is 6.92 Å². The zero-order valence-corrected chi connectivity index (χ0v) is 12.3. The van der Waals surface area contributed by atoms with Crippen molar-refractivity contribution in [3.8, 4) is 0 Å². The van der Waals surface area contributed by atoms with Gasteiger partial charge < -0.3 is 34.7 Å². The Labute approximate surface area is 118 Å². The van der Waals surface area contributed by atoms with Gasteiger partial charge in [-0.2, -0.15) is 0 Å². The van der Waals surface area contributed by atoms with Crippen molar-refractivity contribution in [2.75, 3.05) is 34.4 Å². The van der Waals surface area contributed by atoms with E-state index in [1.54, 1.807) is 0 Å². The summed E-state index contributed by atoms with van der Waals surface area (Å²) in [4.78, 5) is 11.2. The van der Waals surface area contributed by atoms with Crippen LogP contribution in [0.5, 0.6) is 0 Å². The lowest BCUT2D eigenvalue weighted by Crippen LogP contribution is -2.48. The Morgan fingerprint density at radius 3 is 2.65 bits per heavy atom. The molecule has 0 aromatic carbocycles. The first-order valence-corrected chi connectivity index (χ1v) is 6.55. The van der Waals surface area contributed by atoms with Crippen LogP contribution in [0, 0.1) is 0 Å². The number of methoxy groups -OCH3 is 2. The van der Waals surface area contributed by atoms with Crippen LogP contribution in [0.2, 0.25) is 0 Å². The van der Waals surface area contributed by atoms with E-state index in [4.69, 9.17) is 18.9 Å². The van der Waals surface area contributed by atoms with Crippen molar-refractivity contribution in [1.82, 2.24) is 10.6 Å². The number of rotatable bonds is 7. The Bertz CT molecular complexity index is 304. The lowest BCUT2D eigenvalue weighted by atomic mass is 10.1. The summed E-state index contributed by atoms with van der Waals surface area (Å²) >= 11 is 0. The highest BCUT2D eigenvalue weighted by atomic mass is 16.7. The Balaban J connectivity index is 2.67. The molecule has 8 nitrogen and oxygen atoms in total. The lowest BCUT2D eigenvalue weighted by molar-refractivity contribution is -0.177. The molecule has 3 N–H and O–H groups in total. The highest BCUT2D eigenvalue weighted by Gasteiger charge is 2.48. The van der Waals surface area contributed by atoms with Crippen LogP contribution in [0.4, 0.5) is 4.79 Å². The first kappa shape index (κ1) is 17.1. The number of nitrogens with one attached hydrogen (secondary N) is 2. The molecule has 0 spiro atoms. The summed E-state index contributed by atoms with van der Waals surface area (Å²) in [6, 6.07) is -0.319. The zero-order chi connectivity index (χ0) is 15.1. The molecule has 118 valence electrons. The number of carbonyl (C=O) groups excluding carboxylic acids is 1. The number of amides is 2. The van der Waals surface area contributed by atoms with E-state index in [0.717, 1.165) is 0 Å². The minimum Gasteiger partial charge on any atom is -0.385 e. The molecule has 5 atom stereocenters. The third-order valence-corrected chi connectivity index (χ3v) is 3.19. The van der Waals surface area contributed by atoms with Crippen LogP contribution in [0.15, 0.2) is 0 Å². The maximum absolute atomic E-state index is 11.2. The molecule has 2 amide bonds. The van der Waals surface area contributed by atoms with E-state index in [9.17, 15) is 9.90 Å². The lowest BCUT2D eigenvalue weighted by Gasteiger charge is -2.26. The Morgan fingerprint density at radius 1 is 1.45 bits per heavy atom. The van der Waals surface area contributed by atoms with Crippen LogP contribution in [-0.4, -0.2) is 76.3 Å². The smallest absolute Gasteiger partial charge is 0.314 e.